The van der Waals surface area contributed by atoms with Crippen molar-refractivity contribution >= 4 is 27.6 Å². The Hall–Kier alpha value is -0.780. The standard InChI is InChI=1S/C9H11NO2S2/c10-14(11,12)7-9-3-1-2-8(6-9)4-5-13/h1-3,5-6H,4,7H2,(H2,10,11,12). The van der Waals surface area contributed by atoms with Gasteiger partial charge in [0.05, 0.1) is 5.75 Å². The molecule has 0 saturated carbocycles. The zero-order valence-corrected chi connectivity index (χ0v) is 9.14. The summed E-state index contributed by atoms with van der Waals surface area (Å²) in [5, 5.41) is 6.54. The molecule has 0 amide bonds. The van der Waals surface area contributed by atoms with Crippen LogP contribution >= 0.6 is 12.2 Å². The molecule has 0 unspecified atom stereocenters. The number of hydrogen-bond donors (Lipinski definition) is 1. The molecule has 1 rings (SSSR count). The lowest BCUT2D eigenvalue weighted by atomic mass is 10.1. The van der Waals surface area contributed by atoms with Crippen molar-refractivity contribution in [2.24, 2.45) is 5.14 Å². The summed E-state index contributed by atoms with van der Waals surface area (Å²) in [6.45, 7) is 0. The lowest BCUT2D eigenvalue weighted by molar-refractivity contribution is 0.597. The zero-order valence-electron chi connectivity index (χ0n) is 7.51. The van der Waals surface area contributed by atoms with Crippen LogP contribution in [0.3, 0.4) is 0 Å². The number of thiocarbonyl (C=S) groups is 1. The number of rotatable bonds is 4. The highest BCUT2D eigenvalue weighted by atomic mass is 32.2. The van der Waals surface area contributed by atoms with E-state index in [9.17, 15) is 8.42 Å². The van der Waals surface area contributed by atoms with E-state index in [1.807, 2.05) is 6.07 Å². The first-order valence-corrected chi connectivity index (χ1v) is 6.22. The van der Waals surface area contributed by atoms with E-state index in [4.69, 9.17) is 17.4 Å². The molecule has 0 bridgehead atoms. The molecule has 0 aliphatic heterocycles. The van der Waals surface area contributed by atoms with Crippen molar-refractivity contribution in [3.8, 4) is 0 Å². The Kier molecular flexibility index (Phi) is 3.74. The quantitative estimate of drug-likeness (QED) is 0.784. The molecular weight excluding hydrogens is 218 g/mol. The molecule has 0 saturated heterocycles. The lowest BCUT2D eigenvalue weighted by Gasteiger charge is -2.01. The minimum absolute atomic E-state index is 0.127. The van der Waals surface area contributed by atoms with E-state index in [-0.39, 0.29) is 5.75 Å². The fourth-order valence-electron chi connectivity index (χ4n) is 1.17. The summed E-state index contributed by atoms with van der Waals surface area (Å²) in [5.74, 6) is -0.127. The summed E-state index contributed by atoms with van der Waals surface area (Å²) in [5.41, 5.74) is 1.70. The normalized spacial score (nSPS) is 11.2. The van der Waals surface area contributed by atoms with Gasteiger partial charge in [-0.05, 0) is 16.5 Å². The van der Waals surface area contributed by atoms with Crippen LogP contribution in [-0.2, 0) is 22.2 Å². The fourth-order valence-corrected chi connectivity index (χ4v) is 2.01. The van der Waals surface area contributed by atoms with E-state index in [1.54, 1.807) is 23.6 Å². The minimum Gasteiger partial charge on any atom is -0.228 e. The van der Waals surface area contributed by atoms with E-state index < -0.39 is 10.0 Å². The summed E-state index contributed by atoms with van der Waals surface area (Å²) in [6.07, 6.45) is 0.661. The van der Waals surface area contributed by atoms with Gasteiger partial charge in [-0.1, -0.05) is 36.5 Å². The van der Waals surface area contributed by atoms with E-state index in [0.717, 1.165) is 5.56 Å². The monoisotopic (exact) mass is 229 g/mol. The predicted molar refractivity (Wildman–Crippen MR) is 60.6 cm³/mol. The molecule has 3 nitrogen and oxygen atoms in total. The van der Waals surface area contributed by atoms with Gasteiger partial charge in [-0.3, -0.25) is 0 Å². The molecule has 0 heterocycles. The molecule has 0 aromatic heterocycles. The Morgan fingerprint density at radius 2 is 2.00 bits per heavy atom. The van der Waals surface area contributed by atoms with Crippen molar-refractivity contribution in [1.29, 1.82) is 0 Å². The SMILES string of the molecule is NS(=O)(=O)Cc1cccc(CC=S)c1. The van der Waals surface area contributed by atoms with Gasteiger partial charge in [0.1, 0.15) is 0 Å². The van der Waals surface area contributed by atoms with Crippen molar-refractivity contribution in [1.82, 2.24) is 0 Å². The molecule has 0 aliphatic rings. The van der Waals surface area contributed by atoms with Crippen LogP contribution in [0.4, 0.5) is 0 Å². The lowest BCUT2D eigenvalue weighted by Crippen LogP contribution is -2.14. The molecule has 5 heteroatoms. The molecule has 76 valence electrons. The average Bonchev–Trinajstić information content (AvgIpc) is 2.02. The van der Waals surface area contributed by atoms with Gasteiger partial charge in [0.2, 0.25) is 10.0 Å². The molecule has 0 spiro atoms. The van der Waals surface area contributed by atoms with E-state index in [2.05, 4.69) is 0 Å². The van der Waals surface area contributed by atoms with Gasteiger partial charge in [0, 0.05) is 6.42 Å². The first-order valence-electron chi connectivity index (χ1n) is 4.03. The Labute approximate surface area is 89.0 Å². The third-order valence-electron chi connectivity index (χ3n) is 1.68. The first kappa shape index (κ1) is 11.3. The second-order valence-corrected chi connectivity index (χ2v) is 4.95. The van der Waals surface area contributed by atoms with Crippen molar-refractivity contribution in [3.05, 3.63) is 35.4 Å². The molecule has 14 heavy (non-hydrogen) atoms. The van der Waals surface area contributed by atoms with Crippen LogP contribution in [0.1, 0.15) is 11.1 Å². The van der Waals surface area contributed by atoms with Crippen LogP contribution in [0.2, 0.25) is 0 Å². The zero-order chi connectivity index (χ0) is 10.6. The van der Waals surface area contributed by atoms with Crippen molar-refractivity contribution < 1.29 is 8.42 Å². The van der Waals surface area contributed by atoms with Crippen LogP contribution in [0.5, 0.6) is 0 Å². The largest absolute Gasteiger partial charge is 0.228 e. The Morgan fingerprint density at radius 1 is 1.36 bits per heavy atom. The molecule has 1 aromatic carbocycles. The molecule has 1 aromatic rings. The molecular formula is C9H11NO2S2. The number of hydrogen-bond acceptors (Lipinski definition) is 3. The topological polar surface area (TPSA) is 60.2 Å². The van der Waals surface area contributed by atoms with E-state index in [1.165, 1.54) is 0 Å². The van der Waals surface area contributed by atoms with Crippen molar-refractivity contribution in [2.75, 3.05) is 0 Å². The van der Waals surface area contributed by atoms with Gasteiger partial charge in [0.15, 0.2) is 0 Å². The third kappa shape index (κ3) is 3.95. The summed E-state index contributed by atoms with van der Waals surface area (Å²) in [7, 11) is -3.45. The molecule has 0 atom stereocenters. The maximum absolute atomic E-state index is 10.8. The molecule has 0 fully saturated rings. The molecule has 0 aliphatic carbocycles. The Morgan fingerprint density at radius 3 is 2.57 bits per heavy atom. The Balaban J connectivity index is 2.88. The average molecular weight is 229 g/mol. The van der Waals surface area contributed by atoms with Crippen molar-refractivity contribution in [3.63, 3.8) is 0 Å². The minimum atomic E-state index is -3.45. The van der Waals surface area contributed by atoms with Gasteiger partial charge in [-0.2, -0.15) is 0 Å². The number of sulfonamides is 1. The van der Waals surface area contributed by atoms with Gasteiger partial charge in [-0.15, -0.1) is 0 Å². The predicted octanol–water partition coefficient (Wildman–Crippen LogP) is 1.02. The maximum Gasteiger partial charge on any atom is 0.213 e. The van der Waals surface area contributed by atoms with Crippen molar-refractivity contribution in [2.45, 2.75) is 12.2 Å². The highest BCUT2D eigenvalue weighted by Crippen LogP contribution is 2.07. The second kappa shape index (κ2) is 4.63. The van der Waals surface area contributed by atoms with Gasteiger partial charge >= 0.3 is 0 Å². The van der Waals surface area contributed by atoms with Gasteiger partial charge < -0.3 is 0 Å². The molecule has 2 N–H and O–H groups in total. The van der Waals surface area contributed by atoms with E-state index >= 15 is 0 Å². The first-order chi connectivity index (χ1) is 6.51. The third-order valence-corrected chi connectivity index (χ3v) is 2.58. The Bertz CT molecular complexity index is 426. The summed E-state index contributed by atoms with van der Waals surface area (Å²) >= 11 is 4.72. The summed E-state index contributed by atoms with van der Waals surface area (Å²) in [4.78, 5) is 0. The van der Waals surface area contributed by atoms with Crippen LogP contribution in [0.25, 0.3) is 0 Å². The highest BCUT2D eigenvalue weighted by Gasteiger charge is 2.04. The fraction of sp³-hybridized carbons (Fsp3) is 0.222. The summed E-state index contributed by atoms with van der Waals surface area (Å²) < 4.78 is 21.6. The van der Waals surface area contributed by atoms with Gasteiger partial charge in [-0.25, -0.2) is 13.6 Å². The van der Waals surface area contributed by atoms with Crippen LogP contribution < -0.4 is 5.14 Å². The molecule has 0 radical (unpaired) electrons. The summed E-state index contributed by atoms with van der Waals surface area (Å²) in [6, 6.07) is 7.23. The van der Waals surface area contributed by atoms with Crippen LogP contribution in [0.15, 0.2) is 24.3 Å². The number of nitrogens with two attached hydrogens (primary N) is 1. The number of benzene rings is 1. The maximum atomic E-state index is 10.8. The number of primary sulfonamides is 1. The second-order valence-electron chi connectivity index (χ2n) is 3.00. The van der Waals surface area contributed by atoms with E-state index in [0.29, 0.717) is 12.0 Å². The van der Waals surface area contributed by atoms with Gasteiger partial charge in [0.25, 0.3) is 0 Å². The van der Waals surface area contributed by atoms with Crippen LogP contribution in [-0.4, -0.2) is 13.8 Å². The highest BCUT2D eigenvalue weighted by molar-refractivity contribution is 7.88. The van der Waals surface area contributed by atoms with Crippen LogP contribution in [0, 0.1) is 0 Å². The smallest absolute Gasteiger partial charge is 0.213 e.